The average molecular weight is 425 g/mol. The van der Waals surface area contributed by atoms with Crippen LogP contribution in [0.25, 0.3) is 0 Å². The van der Waals surface area contributed by atoms with Crippen molar-refractivity contribution in [1.82, 2.24) is 10.3 Å². The first-order valence-electron chi connectivity index (χ1n) is 9.19. The molecule has 2 aromatic carbocycles. The van der Waals surface area contributed by atoms with Crippen LogP contribution in [0.3, 0.4) is 0 Å². The Labute approximate surface area is 177 Å². The number of nitrogens with one attached hydrogen (secondary N) is 2. The summed E-state index contributed by atoms with van der Waals surface area (Å²) in [4.78, 5) is 30.5. The molecule has 2 N–H and O–H groups in total. The van der Waals surface area contributed by atoms with Gasteiger partial charge in [-0.25, -0.2) is 9.78 Å². The molecule has 1 aliphatic heterocycles. The number of aromatic nitrogens is 1. The van der Waals surface area contributed by atoms with E-state index >= 15 is 0 Å². The Balaban J connectivity index is 1.37. The van der Waals surface area contributed by atoms with E-state index in [1.54, 1.807) is 28.0 Å². The number of anilines is 2. The molecule has 1 fully saturated rings. The van der Waals surface area contributed by atoms with Gasteiger partial charge in [-0.05, 0) is 42.8 Å². The summed E-state index contributed by atoms with van der Waals surface area (Å²) in [5.74, 6) is 0.636. The van der Waals surface area contributed by atoms with E-state index in [1.807, 2.05) is 60.8 Å². The van der Waals surface area contributed by atoms with Gasteiger partial charge in [-0.15, -0.1) is 11.3 Å². The molecule has 0 spiro atoms. The highest BCUT2D eigenvalue weighted by Gasteiger charge is 2.21. The van der Waals surface area contributed by atoms with Gasteiger partial charge in [0.1, 0.15) is 4.34 Å². The van der Waals surface area contributed by atoms with Crippen LogP contribution < -0.4 is 15.5 Å². The third kappa shape index (κ3) is 4.78. The second-order valence-electron chi connectivity index (χ2n) is 6.63. The Morgan fingerprint density at radius 2 is 2.10 bits per heavy atom. The fourth-order valence-electron chi connectivity index (χ4n) is 2.97. The molecule has 3 amide bonds. The van der Waals surface area contributed by atoms with Crippen molar-refractivity contribution in [3.05, 3.63) is 70.7 Å². The zero-order valence-electron chi connectivity index (χ0n) is 15.8. The lowest BCUT2D eigenvalue weighted by molar-refractivity contribution is 0.102. The first-order valence-corrected chi connectivity index (χ1v) is 11.1. The summed E-state index contributed by atoms with van der Waals surface area (Å²) >= 11 is 3.34. The minimum Gasteiger partial charge on any atom is -0.336 e. The summed E-state index contributed by atoms with van der Waals surface area (Å²) in [5.41, 5.74) is 4.20. The van der Waals surface area contributed by atoms with Crippen molar-refractivity contribution in [1.29, 1.82) is 0 Å². The number of hydrogen-bond donors (Lipinski definition) is 2. The van der Waals surface area contributed by atoms with Gasteiger partial charge in [0.05, 0.1) is 0 Å². The highest BCUT2D eigenvalue weighted by atomic mass is 32.2. The molecular formula is C21H20N4O2S2. The summed E-state index contributed by atoms with van der Waals surface area (Å²) in [6.07, 6.45) is 0. The fraction of sp³-hybridized carbons (Fsp3) is 0.190. The molecule has 0 atom stereocenters. The van der Waals surface area contributed by atoms with Gasteiger partial charge in [0.2, 0.25) is 0 Å². The van der Waals surface area contributed by atoms with Crippen LogP contribution in [0.15, 0.2) is 58.3 Å². The van der Waals surface area contributed by atoms with E-state index in [4.69, 9.17) is 0 Å². The predicted molar refractivity (Wildman–Crippen MR) is 118 cm³/mol. The number of carbonyl (C=O) groups excluding carboxylic acids is 2. The molecule has 1 aromatic heterocycles. The maximum Gasteiger partial charge on any atom is 0.321 e. The lowest BCUT2D eigenvalue weighted by Crippen LogP contribution is -2.27. The molecule has 1 aliphatic rings. The number of rotatable bonds is 6. The summed E-state index contributed by atoms with van der Waals surface area (Å²) < 4.78 is 1.05. The second kappa shape index (κ2) is 8.67. The number of benzene rings is 2. The number of nitrogens with zero attached hydrogens (tertiary/aromatic N) is 2. The van der Waals surface area contributed by atoms with E-state index in [0.717, 1.165) is 27.0 Å². The Morgan fingerprint density at radius 3 is 2.79 bits per heavy atom. The Kier molecular flexibility index (Phi) is 5.82. The van der Waals surface area contributed by atoms with E-state index in [9.17, 15) is 9.59 Å². The van der Waals surface area contributed by atoms with Crippen LogP contribution in [0.1, 0.15) is 21.6 Å². The smallest absolute Gasteiger partial charge is 0.321 e. The highest BCUT2D eigenvalue weighted by Crippen LogP contribution is 2.26. The van der Waals surface area contributed by atoms with Gasteiger partial charge in [0.15, 0.2) is 0 Å². The number of thiazole rings is 1. The van der Waals surface area contributed by atoms with Crippen LogP contribution in [0, 0.1) is 6.92 Å². The van der Waals surface area contributed by atoms with Gasteiger partial charge < -0.3 is 10.6 Å². The number of thioether (sulfide) groups is 1. The van der Waals surface area contributed by atoms with Gasteiger partial charge in [-0.2, -0.15) is 0 Å². The zero-order chi connectivity index (χ0) is 20.2. The maximum atomic E-state index is 12.6. The van der Waals surface area contributed by atoms with Gasteiger partial charge >= 0.3 is 6.03 Å². The number of carbonyl (C=O) groups is 2. The Hall–Kier alpha value is -2.84. The molecule has 2 heterocycles. The molecule has 0 radical (unpaired) electrons. The molecule has 0 saturated carbocycles. The van der Waals surface area contributed by atoms with E-state index in [-0.39, 0.29) is 11.9 Å². The third-order valence-corrected chi connectivity index (χ3v) is 6.66. The summed E-state index contributed by atoms with van der Waals surface area (Å²) in [5, 5.41) is 7.72. The SMILES string of the molecule is Cc1csc(SCc2ccc(C(=O)Nc3cccc(N4CCNC4=O)c3)cc2)n1. The molecule has 8 heteroatoms. The van der Waals surface area contributed by atoms with Gasteiger partial charge in [-0.3, -0.25) is 9.69 Å². The highest BCUT2D eigenvalue weighted by molar-refractivity contribution is 8.00. The summed E-state index contributed by atoms with van der Waals surface area (Å²) in [6.45, 7) is 3.24. The van der Waals surface area contributed by atoms with Crippen molar-refractivity contribution in [2.45, 2.75) is 17.0 Å². The zero-order valence-corrected chi connectivity index (χ0v) is 17.5. The average Bonchev–Trinajstić information content (AvgIpc) is 3.35. The van der Waals surface area contributed by atoms with Crippen molar-refractivity contribution < 1.29 is 9.59 Å². The van der Waals surface area contributed by atoms with Crippen LogP contribution in [0.2, 0.25) is 0 Å². The molecule has 0 bridgehead atoms. The van der Waals surface area contributed by atoms with Crippen molar-refractivity contribution >= 4 is 46.4 Å². The first kappa shape index (κ1) is 19.5. The van der Waals surface area contributed by atoms with Crippen LogP contribution in [0.5, 0.6) is 0 Å². The molecule has 1 saturated heterocycles. The van der Waals surface area contributed by atoms with Gasteiger partial charge in [-0.1, -0.05) is 30.0 Å². The van der Waals surface area contributed by atoms with Gasteiger partial charge in [0.25, 0.3) is 5.91 Å². The topological polar surface area (TPSA) is 74.3 Å². The van der Waals surface area contributed by atoms with Crippen LogP contribution in [-0.2, 0) is 5.75 Å². The van der Waals surface area contributed by atoms with Crippen LogP contribution in [-0.4, -0.2) is 30.0 Å². The molecular weight excluding hydrogens is 404 g/mol. The molecule has 29 heavy (non-hydrogen) atoms. The van der Waals surface area contributed by atoms with E-state index in [2.05, 4.69) is 15.6 Å². The fourth-order valence-corrected chi connectivity index (χ4v) is 4.77. The molecule has 0 aliphatic carbocycles. The molecule has 148 valence electrons. The van der Waals surface area contributed by atoms with Crippen molar-refractivity contribution in [3.8, 4) is 0 Å². The Morgan fingerprint density at radius 1 is 1.28 bits per heavy atom. The number of amides is 3. The van der Waals surface area contributed by atoms with E-state index in [0.29, 0.717) is 24.3 Å². The number of hydrogen-bond acceptors (Lipinski definition) is 5. The van der Waals surface area contributed by atoms with Crippen LogP contribution in [0.4, 0.5) is 16.2 Å². The standard InChI is InChI=1S/C21H20N4O2S2/c1-14-12-28-21(23-14)29-13-15-5-7-16(8-6-15)19(26)24-17-3-2-4-18(11-17)25-10-9-22-20(25)27/h2-8,11-12H,9-10,13H2,1H3,(H,22,27)(H,24,26). The lowest BCUT2D eigenvalue weighted by Gasteiger charge is -2.15. The number of aryl methyl sites for hydroxylation is 1. The van der Waals surface area contributed by atoms with Crippen LogP contribution >= 0.6 is 23.1 Å². The lowest BCUT2D eigenvalue weighted by atomic mass is 10.1. The molecule has 3 aromatic rings. The van der Waals surface area contributed by atoms with E-state index < -0.39 is 0 Å². The van der Waals surface area contributed by atoms with Crippen molar-refractivity contribution in [2.75, 3.05) is 23.3 Å². The summed E-state index contributed by atoms with van der Waals surface area (Å²) in [7, 11) is 0. The normalized spacial score (nSPS) is 13.4. The van der Waals surface area contributed by atoms with E-state index in [1.165, 1.54) is 0 Å². The quantitative estimate of drug-likeness (QED) is 0.571. The molecule has 0 unspecified atom stereocenters. The molecule has 4 rings (SSSR count). The molecule has 6 nitrogen and oxygen atoms in total. The third-order valence-electron chi connectivity index (χ3n) is 4.45. The predicted octanol–water partition coefficient (Wildman–Crippen LogP) is 4.53. The second-order valence-corrected chi connectivity index (χ2v) is 8.71. The largest absolute Gasteiger partial charge is 0.336 e. The summed E-state index contributed by atoms with van der Waals surface area (Å²) in [6, 6.07) is 14.8. The van der Waals surface area contributed by atoms with Crippen molar-refractivity contribution in [2.24, 2.45) is 0 Å². The first-order chi connectivity index (χ1) is 14.1. The van der Waals surface area contributed by atoms with Gasteiger partial charge in [0, 0.05) is 46.9 Å². The maximum absolute atomic E-state index is 12.6. The number of urea groups is 1. The monoisotopic (exact) mass is 424 g/mol. The minimum absolute atomic E-state index is 0.116. The van der Waals surface area contributed by atoms with Crippen molar-refractivity contribution in [3.63, 3.8) is 0 Å². The Bertz CT molecular complexity index is 1030. The minimum atomic E-state index is -0.178.